The number of aliphatic hydroxyl groups excluding tert-OH is 1. The molecule has 1 aromatic rings. The monoisotopic (exact) mass is 212 g/mol. The van der Waals surface area contributed by atoms with Gasteiger partial charge in [0.25, 0.3) is 5.91 Å². The van der Waals surface area contributed by atoms with Gasteiger partial charge in [0.05, 0.1) is 12.3 Å². The first-order valence-electron chi connectivity index (χ1n) is 4.87. The van der Waals surface area contributed by atoms with Gasteiger partial charge in [0.15, 0.2) is 0 Å². The second-order valence-corrected chi connectivity index (χ2v) is 3.66. The molecule has 84 valence electrons. The van der Waals surface area contributed by atoms with Crippen LogP contribution in [-0.4, -0.2) is 40.8 Å². The number of amides is 1. The average molecular weight is 212 g/mol. The van der Waals surface area contributed by atoms with Gasteiger partial charge in [-0.3, -0.25) is 4.79 Å². The molecule has 5 nitrogen and oxygen atoms in total. The van der Waals surface area contributed by atoms with Gasteiger partial charge in [0, 0.05) is 13.6 Å². The summed E-state index contributed by atoms with van der Waals surface area (Å²) in [5.41, 5.74) is 0.475. The molecule has 1 rings (SSSR count). The zero-order valence-electron chi connectivity index (χ0n) is 9.23. The van der Waals surface area contributed by atoms with E-state index in [-0.39, 0.29) is 5.91 Å². The van der Waals surface area contributed by atoms with Crippen molar-refractivity contribution in [2.75, 3.05) is 13.6 Å². The number of aryl methyl sites for hydroxylation is 1. The molecule has 15 heavy (non-hydrogen) atoms. The number of aliphatic hydroxyl groups is 1. The van der Waals surface area contributed by atoms with E-state index < -0.39 is 6.10 Å². The highest BCUT2D eigenvalue weighted by Crippen LogP contribution is 2.09. The van der Waals surface area contributed by atoms with Crippen LogP contribution in [0.4, 0.5) is 0 Å². The summed E-state index contributed by atoms with van der Waals surface area (Å²) in [6, 6.07) is 0. The van der Waals surface area contributed by atoms with E-state index in [4.69, 9.17) is 9.63 Å². The summed E-state index contributed by atoms with van der Waals surface area (Å²) in [4.78, 5) is 13.3. The van der Waals surface area contributed by atoms with Crippen LogP contribution in [0.1, 0.15) is 29.5 Å². The topological polar surface area (TPSA) is 66.6 Å². The van der Waals surface area contributed by atoms with Crippen LogP contribution in [-0.2, 0) is 0 Å². The van der Waals surface area contributed by atoms with Crippen molar-refractivity contribution in [2.24, 2.45) is 0 Å². The Labute approximate surface area is 88.7 Å². The Kier molecular flexibility index (Phi) is 3.85. The van der Waals surface area contributed by atoms with E-state index in [1.807, 2.05) is 0 Å². The third-order valence-corrected chi connectivity index (χ3v) is 2.21. The number of hydrogen-bond acceptors (Lipinski definition) is 4. The van der Waals surface area contributed by atoms with Gasteiger partial charge in [-0.1, -0.05) is 5.16 Å². The number of aromatic nitrogens is 1. The molecule has 1 heterocycles. The van der Waals surface area contributed by atoms with E-state index in [0.29, 0.717) is 24.3 Å². The molecule has 1 atom stereocenters. The minimum absolute atomic E-state index is 0.130. The summed E-state index contributed by atoms with van der Waals surface area (Å²) in [7, 11) is 1.69. The molecule has 0 spiro atoms. The molecule has 1 amide bonds. The molecule has 0 saturated heterocycles. The van der Waals surface area contributed by atoms with Gasteiger partial charge >= 0.3 is 0 Å². The molecule has 5 heteroatoms. The molecule has 1 unspecified atom stereocenters. The van der Waals surface area contributed by atoms with E-state index in [9.17, 15) is 4.79 Å². The predicted octanol–water partition coefficient (Wildman–Crippen LogP) is 0.826. The average Bonchev–Trinajstić information content (AvgIpc) is 2.59. The Hall–Kier alpha value is -1.36. The van der Waals surface area contributed by atoms with Crippen LogP contribution in [0.15, 0.2) is 10.7 Å². The van der Waals surface area contributed by atoms with Gasteiger partial charge < -0.3 is 14.5 Å². The minimum Gasteiger partial charge on any atom is -0.393 e. The fourth-order valence-corrected chi connectivity index (χ4v) is 1.19. The van der Waals surface area contributed by atoms with Gasteiger partial charge in [-0.25, -0.2) is 0 Å². The zero-order valence-corrected chi connectivity index (χ0v) is 9.23. The molecule has 0 aliphatic heterocycles. The lowest BCUT2D eigenvalue weighted by atomic mass is 10.2. The van der Waals surface area contributed by atoms with Gasteiger partial charge in [0.2, 0.25) is 0 Å². The molecule has 0 saturated carbocycles. The normalized spacial score (nSPS) is 12.5. The second kappa shape index (κ2) is 4.93. The van der Waals surface area contributed by atoms with E-state index >= 15 is 0 Å². The molecule has 0 bridgehead atoms. The lowest BCUT2D eigenvalue weighted by Gasteiger charge is -2.17. The van der Waals surface area contributed by atoms with Crippen LogP contribution in [0.5, 0.6) is 0 Å². The number of rotatable bonds is 4. The molecule has 1 N–H and O–H groups in total. The van der Waals surface area contributed by atoms with Crippen molar-refractivity contribution in [2.45, 2.75) is 26.4 Å². The van der Waals surface area contributed by atoms with Gasteiger partial charge in [-0.05, 0) is 20.3 Å². The lowest BCUT2D eigenvalue weighted by molar-refractivity contribution is 0.0767. The summed E-state index contributed by atoms with van der Waals surface area (Å²) in [6.07, 6.45) is 1.58. The quantitative estimate of drug-likeness (QED) is 0.802. The zero-order chi connectivity index (χ0) is 11.4. The first-order chi connectivity index (χ1) is 7.02. The van der Waals surface area contributed by atoms with Crippen molar-refractivity contribution in [1.82, 2.24) is 10.1 Å². The molecule has 0 radical (unpaired) electrons. The molecule has 0 aliphatic carbocycles. The largest absolute Gasteiger partial charge is 0.393 e. The molecule has 0 aliphatic rings. The number of carbonyl (C=O) groups excluding carboxylic acids is 1. The third kappa shape index (κ3) is 3.06. The Morgan fingerprint density at radius 2 is 2.40 bits per heavy atom. The van der Waals surface area contributed by atoms with Crippen molar-refractivity contribution in [3.63, 3.8) is 0 Å². The van der Waals surface area contributed by atoms with Crippen LogP contribution in [0.3, 0.4) is 0 Å². The Balaban J connectivity index is 2.57. The maximum absolute atomic E-state index is 11.8. The highest BCUT2D eigenvalue weighted by molar-refractivity contribution is 5.94. The van der Waals surface area contributed by atoms with Crippen LogP contribution in [0, 0.1) is 6.92 Å². The summed E-state index contributed by atoms with van der Waals surface area (Å²) in [6.45, 7) is 3.91. The maximum Gasteiger partial charge on any atom is 0.258 e. The van der Waals surface area contributed by atoms with Crippen LogP contribution >= 0.6 is 0 Å². The predicted molar refractivity (Wildman–Crippen MR) is 54.5 cm³/mol. The fraction of sp³-hybridized carbons (Fsp3) is 0.600. The Bertz CT molecular complexity index is 333. The summed E-state index contributed by atoms with van der Waals surface area (Å²) >= 11 is 0. The fourth-order valence-electron chi connectivity index (χ4n) is 1.19. The molecular weight excluding hydrogens is 196 g/mol. The van der Waals surface area contributed by atoms with E-state index in [0.717, 1.165) is 0 Å². The summed E-state index contributed by atoms with van der Waals surface area (Å²) in [5, 5.41) is 12.6. The van der Waals surface area contributed by atoms with Crippen molar-refractivity contribution in [3.8, 4) is 0 Å². The number of carbonyl (C=O) groups is 1. The van der Waals surface area contributed by atoms with Gasteiger partial charge in [-0.15, -0.1) is 0 Å². The smallest absolute Gasteiger partial charge is 0.258 e. The van der Waals surface area contributed by atoms with Crippen LogP contribution in [0.2, 0.25) is 0 Å². The van der Waals surface area contributed by atoms with E-state index in [1.165, 1.54) is 6.20 Å². The number of nitrogens with zero attached hydrogens (tertiary/aromatic N) is 2. The minimum atomic E-state index is -0.399. The van der Waals surface area contributed by atoms with E-state index in [1.54, 1.807) is 25.8 Å². The maximum atomic E-state index is 11.8. The standard InChI is InChI=1S/C10H16N2O3/c1-7(13)4-5-12(3)10(14)9-6-11-15-8(9)2/h6-7,13H,4-5H2,1-3H3. The lowest BCUT2D eigenvalue weighted by Crippen LogP contribution is -2.29. The molecular formula is C10H16N2O3. The Morgan fingerprint density at radius 1 is 1.73 bits per heavy atom. The summed E-state index contributed by atoms with van der Waals surface area (Å²) in [5.74, 6) is 0.387. The van der Waals surface area contributed by atoms with Crippen molar-refractivity contribution < 1.29 is 14.4 Å². The highest BCUT2D eigenvalue weighted by Gasteiger charge is 2.17. The third-order valence-electron chi connectivity index (χ3n) is 2.21. The second-order valence-electron chi connectivity index (χ2n) is 3.66. The summed E-state index contributed by atoms with van der Waals surface area (Å²) < 4.78 is 4.81. The Morgan fingerprint density at radius 3 is 2.87 bits per heavy atom. The first kappa shape index (κ1) is 11.7. The SMILES string of the molecule is Cc1oncc1C(=O)N(C)CCC(C)O. The van der Waals surface area contributed by atoms with Crippen molar-refractivity contribution in [1.29, 1.82) is 0 Å². The first-order valence-corrected chi connectivity index (χ1v) is 4.87. The molecule has 0 fully saturated rings. The molecule has 0 aromatic carbocycles. The van der Waals surface area contributed by atoms with Gasteiger partial charge in [0.1, 0.15) is 11.3 Å². The highest BCUT2D eigenvalue weighted by atomic mass is 16.5. The molecule has 1 aromatic heterocycles. The van der Waals surface area contributed by atoms with Gasteiger partial charge in [-0.2, -0.15) is 0 Å². The van der Waals surface area contributed by atoms with Crippen molar-refractivity contribution >= 4 is 5.91 Å². The number of hydrogen-bond donors (Lipinski definition) is 1. The van der Waals surface area contributed by atoms with Crippen LogP contribution < -0.4 is 0 Å². The van der Waals surface area contributed by atoms with Crippen LogP contribution in [0.25, 0.3) is 0 Å². The van der Waals surface area contributed by atoms with Crippen molar-refractivity contribution in [3.05, 3.63) is 17.5 Å². The van der Waals surface area contributed by atoms with E-state index in [2.05, 4.69) is 5.16 Å².